The standard InChI is InChI=1S/C22H31FO2/c1-21-11-8-18-17-7-5-16(23)14-15(17)4-6-19(18)20(21)9-12-22(21,25)10-2-3-13-24/h5,7,14,18-20,24-25H,2-4,6,8-13H2,1H3/t18?,19?,20?,21-,22-/m0/s1. The molecule has 25 heavy (non-hydrogen) atoms. The van der Waals surface area contributed by atoms with Crippen LogP contribution in [0.3, 0.4) is 0 Å². The van der Waals surface area contributed by atoms with Crippen LogP contribution in [0.4, 0.5) is 4.39 Å². The molecule has 0 heterocycles. The molecule has 1 aromatic carbocycles. The zero-order chi connectivity index (χ0) is 17.7. The molecule has 0 aliphatic heterocycles. The molecule has 0 spiro atoms. The lowest BCUT2D eigenvalue weighted by Crippen LogP contribution is -2.50. The Bertz CT molecular complexity index is 645. The summed E-state index contributed by atoms with van der Waals surface area (Å²) >= 11 is 0. The van der Waals surface area contributed by atoms with Crippen LogP contribution < -0.4 is 0 Å². The summed E-state index contributed by atoms with van der Waals surface area (Å²) in [5.41, 5.74) is 2.01. The van der Waals surface area contributed by atoms with E-state index in [2.05, 4.69) is 6.92 Å². The van der Waals surface area contributed by atoms with Gasteiger partial charge >= 0.3 is 0 Å². The molecule has 0 amide bonds. The Hall–Kier alpha value is -0.930. The van der Waals surface area contributed by atoms with Crippen molar-refractivity contribution >= 4 is 0 Å². The number of rotatable bonds is 4. The highest BCUT2D eigenvalue weighted by Gasteiger charge is 2.60. The Morgan fingerprint density at radius 1 is 1.16 bits per heavy atom. The lowest BCUT2D eigenvalue weighted by Gasteiger charge is -2.53. The van der Waals surface area contributed by atoms with Crippen LogP contribution >= 0.6 is 0 Å². The van der Waals surface area contributed by atoms with E-state index in [1.807, 2.05) is 6.07 Å². The molecule has 0 bridgehead atoms. The molecule has 2 fully saturated rings. The van der Waals surface area contributed by atoms with Crippen LogP contribution in [0.5, 0.6) is 0 Å². The predicted octanol–water partition coefficient (Wildman–Crippen LogP) is 4.58. The summed E-state index contributed by atoms with van der Waals surface area (Å²) in [5.74, 6) is 1.63. The van der Waals surface area contributed by atoms with Crippen LogP contribution in [0.15, 0.2) is 18.2 Å². The number of hydrogen-bond acceptors (Lipinski definition) is 2. The van der Waals surface area contributed by atoms with Gasteiger partial charge in [0.25, 0.3) is 0 Å². The van der Waals surface area contributed by atoms with E-state index >= 15 is 0 Å². The van der Waals surface area contributed by atoms with Gasteiger partial charge in [0.1, 0.15) is 5.82 Å². The lowest BCUT2D eigenvalue weighted by molar-refractivity contribution is -0.108. The van der Waals surface area contributed by atoms with Gasteiger partial charge < -0.3 is 10.2 Å². The first-order chi connectivity index (χ1) is 12.0. The number of unbranched alkanes of at least 4 members (excludes halogenated alkanes) is 1. The van der Waals surface area contributed by atoms with Gasteiger partial charge in [0.15, 0.2) is 0 Å². The fraction of sp³-hybridized carbons (Fsp3) is 0.727. The van der Waals surface area contributed by atoms with Crippen LogP contribution in [0.1, 0.15) is 75.3 Å². The highest BCUT2D eigenvalue weighted by molar-refractivity contribution is 5.35. The summed E-state index contributed by atoms with van der Waals surface area (Å²) in [6.45, 7) is 2.54. The van der Waals surface area contributed by atoms with Crippen molar-refractivity contribution in [1.82, 2.24) is 0 Å². The second-order valence-electron chi connectivity index (χ2n) is 8.97. The van der Waals surface area contributed by atoms with Crippen LogP contribution in [-0.4, -0.2) is 22.4 Å². The van der Waals surface area contributed by atoms with E-state index in [9.17, 15) is 9.50 Å². The van der Waals surface area contributed by atoms with Crippen molar-refractivity contribution in [3.05, 3.63) is 35.1 Å². The third-order valence-electron chi connectivity index (χ3n) is 8.01. The van der Waals surface area contributed by atoms with Crippen molar-refractivity contribution in [2.75, 3.05) is 6.61 Å². The van der Waals surface area contributed by atoms with Gasteiger partial charge in [-0.2, -0.15) is 0 Å². The zero-order valence-electron chi connectivity index (χ0n) is 15.3. The highest BCUT2D eigenvalue weighted by Crippen LogP contribution is 2.65. The molecule has 3 unspecified atom stereocenters. The van der Waals surface area contributed by atoms with E-state index < -0.39 is 5.60 Å². The van der Waals surface area contributed by atoms with E-state index in [0.29, 0.717) is 17.8 Å². The summed E-state index contributed by atoms with van der Waals surface area (Å²) in [5, 5.41) is 20.5. The van der Waals surface area contributed by atoms with Gasteiger partial charge in [0.2, 0.25) is 0 Å². The van der Waals surface area contributed by atoms with Crippen LogP contribution in [0, 0.1) is 23.1 Å². The van der Waals surface area contributed by atoms with E-state index in [1.165, 1.54) is 11.1 Å². The van der Waals surface area contributed by atoms with Gasteiger partial charge in [0.05, 0.1) is 5.60 Å². The molecule has 3 aliphatic rings. The summed E-state index contributed by atoms with van der Waals surface area (Å²) in [7, 11) is 0. The number of hydrogen-bond donors (Lipinski definition) is 2. The largest absolute Gasteiger partial charge is 0.396 e. The van der Waals surface area contributed by atoms with Gasteiger partial charge in [0, 0.05) is 6.61 Å². The Morgan fingerprint density at radius 3 is 2.80 bits per heavy atom. The lowest BCUT2D eigenvalue weighted by atomic mass is 9.53. The first kappa shape index (κ1) is 17.5. The normalized spacial score (nSPS) is 39.6. The molecule has 0 radical (unpaired) electrons. The van der Waals surface area contributed by atoms with E-state index in [4.69, 9.17) is 5.11 Å². The second kappa shape index (κ2) is 6.35. The molecule has 2 N–H and O–H groups in total. The summed E-state index contributed by atoms with van der Waals surface area (Å²) in [6.07, 6.45) is 8.81. The molecular formula is C22H31FO2. The number of benzene rings is 1. The minimum Gasteiger partial charge on any atom is -0.396 e. The summed E-state index contributed by atoms with van der Waals surface area (Å²) in [6, 6.07) is 5.38. The summed E-state index contributed by atoms with van der Waals surface area (Å²) in [4.78, 5) is 0. The highest BCUT2D eigenvalue weighted by atomic mass is 19.1. The predicted molar refractivity (Wildman–Crippen MR) is 96.9 cm³/mol. The van der Waals surface area contributed by atoms with Crippen LogP contribution in [0.25, 0.3) is 0 Å². The van der Waals surface area contributed by atoms with Crippen molar-refractivity contribution in [3.8, 4) is 0 Å². The second-order valence-corrected chi connectivity index (χ2v) is 8.97. The molecule has 2 nitrogen and oxygen atoms in total. The molecule has 0 aromatic heterocycles. The van der Waals surface area contributed by atoms with Crippen molar-refractivity contribution < 1.29 is 14.6 Å². The number of aliphatic hydroxyl groups excluding tert-OH is 1. The topological polar surface area (TPSA) is 40.5 Å². The van der Waals surface area contributed by atoms with E-state index in [0.717, 1.165) is 57.8 Å². The molecule has 1 aromatic rings. The molecule has 4 rings (SSSR count). The monoisotopic (exact) mass is 346 g/mol. The Morgan fingerprint density at radius 2 is 2.00 bits per heavy atom. The fourth-order valence-electron chi connectivity index (χ4n) is 6.60. The van der Waals surface area contributed by atoms with Gasteiger partial charge in [-0.05, 0) is 104 Å². The average Bonchev–Trinajstić information content (AvgIpc) is 2.86. The molecular weight excluding hydrogens is 315 g/mol. The SMILES string of the molecule is C[C@]12CCC3c4ccc(F)cc4CCC3C1CC[C@@]2(O)CCCCO. The number of aryl methyl sites for hydroxylation is 1. The van der Waals surface area contributed by atoms with E-state index in [-0.39, 0.29) is 17.8 Å². The molecule has 5 atom stereocenters. The molecule has 2 saturated carbocycles. The zero-order valence-corrected chi connectivity index (χ0v) is 15.3. The molecule has 0 saturated heterocycles. The van der Waals surface area contributed by atoms with Crippen molar-refractivity contribution in [2.45, 2.75) is 76.2 Å². The van der Waals surface area contributed by atoms with Gasteiger partial charge in [-0.25, -0.2) is 4.39 Å². The Kier molecular flexibility index (Phi) is 4.44. The average molecular weight is 346 g/mol. The first-order valence-electron chi connectivity index (χ1n) is 10.1. The number of halogens is 1. The maximum absolute atomic E-state index is 13.6. The minimum absolute atomic E-state index is 0.00115. The maximum Gasteiger partial charge on any atom is 0.123 e. The van der Waals surface area contributed by atoms with Gasteiger partial charge in [-0.15, -0.1) is 0 Å². The third-order valence-corrected chi connectivity index (χ3v) is 8.01. The quantitative estimate of drug-likeness (QED) is 0.784. The Labute approximate surface area is 150 Å². The smallest absolute Gasteiger partial charge is 0.123 e. The molecule has 3 heteroatoms. The number of aliphatic hydroxyl groups is 2. The van der Waals surface area contributed by atoms with Gasteiger partial charge in [-0.1, -0.05) is 13.0 Å². The van der Waals surface area contributed by atoms with E-state index in [1.54, 1.807) is 12.1 Å². The summed E-state index contributed by atoms with van der Waals surface area (Å²) < 4.78 is 13.6. The van der Waals surface area contributed by atoms with Gasteiger partial charge in [-0.3, -0.25) is 0 Å². The molecule has 138 valence electrons. The van der Waals surface area contributed by atoms with Crippen molar-refractivity contribution in [3.63, 3.8) is 0 Å². The van der Waals surface area contributed by atoms with Crippen molar-refractivity contribution in [2.24, 2.45) is 17.3 Å². The molecule has 3 aliphatic carbocycles. The minimum atomic E-state index is -0.569. The third kappa shape index (κ3) is 2.66. The van der Waals surface area contributed by atoms with Crippen LogP contribution in [-0.2, 0) is 6.42 Å². The fourth-order valence-corrected chi connectivity index (χ4v) is 6.60. The Balaban J connectivity index is 1.59. The maximum atomic E-state index is 13.6. The first-order valence-corrected chi connectivity index (χ1v) is 10.1. The van der Waals surface area contributed by atoms with Crippen LogP contribution in [0.2, 0.25) is 0 Å². The number of fused-ring (bicyclic) bond motifs is 5. The van der Waals surface area contributed by atoms with Crippen molar-refractivity contribution in [1.29, 1.82) is 0 Å².